The molecule has 0 heterocycles. The summed E-state index contributed by atoms with van der Waals surface area (Å²) in [6, 6.07) is 22.8. The minimum Gasteiger partial charge on any atom is -0.460 e. The molecule has 1 aliphatic rings. The summed E-state index contributed by atoms with van der Waals surface area (Å²) < 4.78 is 17.2. The first-order valence-corrected chi connectivity index (χ1v) is 17.3. The standard InChI is InChI=1S/C41H48N4O6/c1-27(2)24-36(44-40(48)49-26-35-33-14-9-7-12-31(33)32-13-8-10-15-34(32)35)39(47)50-37(16-11-17-38(46)51-41(4,5)6)28(3)18-19-29-20-22-30(23-21-29)25-43-45-42/h7-15,17-23,27-28,35-37H,16,24-26H2,1-6H3,(H,44,48)/b17-11+,19-18+. The molecule has 4 rings (SSSR count). The lowest BCUT2D eigenvalue weighted by molar-refractivity contribution is -0.153. The fourth-order valence-corrected chi connectivity index (χ4v) is 5.94. The lowest BCUT2D eigenvalue weighted by atomic mass is 9.98. The number of azide groups is 1. The minimum atomic E-state index is -0.947. The van der Waals surface area contributed by atoms with Gasteiger partial charge in [-0.25, -0.2) is 14.4 Å². The molecular weight excluding hydrogens is 644 g/mol. The van der Waals surface area contributed by atoms with Crippen molar-refractivity contribution in [2.45, 2.75) is 84.6 Å². The number of hydrogen-bond acceptors (Lipinski definition) is 7. The molecule has 0 aromatic heterocycles. The quantitative estimate of drug-likeness (QED) is 0.0420. The molecule has 0 radical (unpaired) electrons. The molecule has 0 bridgehead atoms. The lowest BCUT2D eigenvalue weighted by Crippen LogP contribution is -2.44. The fraction of sp³-hybridized carbons (Fsp3) is 0.390. The van der Waals surface area contributed by atoms with E-state index in [2.05, 4.69) is 27.5 Å². The highest BCUT2D eigenvalue weighted by atomic mass is 16.6. The number of benzene rings is 3. The molecule has 0 saturated carbocycles. The van der Waals surface area contributed by atoms with Crippen LogP contribution in [0.4, 0.5) is 4.79 Å². The molecule has 10 heteroatoms. The van der Waals surface area contributed by atoms with E-state index in [0.717, 1.165) is 33.4 Å². The van der Waals surface area contributed by atoms with Gasteiger partial charge in [0.2, 0.25) is 0 Å². The molecule has 1 amide bonds. The van der Waals surface area contributed by atoms with Gasteiger partial charge in [-0.2, -0.15) is 0 Å². The second-order valence-corrected chi connectivity index (χ2v) is 14.1. The molecule has 3 aromatic carbocycles. The van der Waals surface area contributed by atoms with Crippen molar-refractivity contribution in [3.8, 4) is 11.1 Å². The maximum atomic E-state index is 13.7. The Hall–Kier alpha value is -5.34. The third kappa shape index (κ3) is 11.6. The summed E-state index contributed by atoms with van der Waals surface area (Å²) in [7, 11) is 0. The average molecular weight is 693 g/mol. The van der Waals surface area contributed by atoms with Crippen molar-refractivity contribution >= 4 is 24.1 Å². The number of esters is 2. The van der Waals surface area contributed by atoms with Crippen LogP contribution in [0, 0.1) is 11.8 Å². The third-order valence-corrected chi connectivity index (χ3v) is 8.40. The summed E-state index contributed by atoms with van der Waals surface area (Å²) in [5.74, 6) is -1.40. The van der Waals surface area contributed by atoms with Crippen LogP contribution in [0.3, 0.4) is 0 Å². The lowest BCUT2D eigenvalue weighted by Gasteiger charge is -2.26. The number of nitrogens with one attached hydrogen (secondary N) is 1. The smallest absolute Gasteiger partial charge is 0.407 e. The van der Waals surface area contributed by atoms with Gasteiger partial charge >= 0.3 is 18.0 Å². The van der Waals surface area contributed by atoms with Crippen LogP contribution in [0.2, 0.25) is 0 Å². The van der Waals surface area contributed by atoms with Crippen LogP contribution < -0.4 is 5.32 Å². The number of amides is 1. The van der Waals surface area contributed by atoms with Crippen molar-refractivity contribution in [1.82, 2.24) is 5.32 Å². The van der Waals surface area contributed by atoms with Crippen LogP contribution in [0.5, 0.6) is 0 Å². The number of rotatable bonds is 15. The molecule has 3 atom stereocenters. The Morgan fingerprint density at radius 1 is 0.941 bits per heavy atom. The van der Waals surface area contributed by atoms with E-state index < -0.39 is 35.8 Å². The van der Waals surface area contributed by atoms with Crippen molar-refractivity contribution < 1.29 is 28.6 Å². The largest absolute Gasteiger partial charge is 0.460 e. The normalized spacial score (nSPS) is 14.3. The molecular formula is C41H48N4O6. The first-order chi connectivity index (χ1) is 24.3. The van der Waals surface area contributed by atoms with Crippen molar-refractivity contribution in [3.63, 3.8) is 0 Å². The molecule has 1 N–H and O–H groups in total. The van der Waals surface area contributed by atoms with Crippen LogP contribution in [-0.4, -0.2) is 42.4 Å². The summed E-state index contributed by atoms with van der Waals surface area (Å²) in [4.78, 5) is 42.1. The van der Waals surface area contributed by atoms with Gasteiger partial charge in [0.15, 0.2) is 0 Å². The Balaban J connectivity index is 1.45. The third-order valence-electron chi connectivity index (χ3n) is 8.40. The number of carbonyl (C=O) groups excluding carboxylic acids is 3. The average Bonchev–Trinajstić information content (AvgIpc) is 3.41. The number of fused-ring (bicyclic) bond motifs is 3. The van der Waals surface area contributed by atoms with Crippen molar-refractivity contribution in [2.24, 2.45) is 17.0 Å². The van der Waals surface area contributed by atoms with Gasteiger partial charge in [0.25, 0.3) is 0 Å². The maximum Gasteiger partial charge on any atom is 0.407 e. The molecule has 0 spiro atoms. The highest BCUT2D eigenvalue weighted by molar-refractivity contribution is 5.83. The number of hydrogen-bond donors (Lipinski definition) is 1. The summed E-state index contributed by atoms with van der Waals surface area (Å²) in [5, 5.41) is 6.36. The zero-order valence-corrected chi connectivity index (χ0v) is 30.2. The van der Waals surface area contributed by atoms with E-state index in [1.807, 2.05) is 93.6 Å². The molecule has 51 heavy (non-hydrogen) atoms. The van der Waals surface area contributed by atoms with Crippen LogP contribution in [0.15, 0.2) is 96.1 Å². The van der Waals surface area contributed by atoms with E-state index in [1.165, 1.54) is 6.08 Å². The van der Waals surface area contributed by atoms with Gasteiger partial charge in [-0.15, -0.1) is 0 Å². The minimum absolute atomic E-state index is 0.0705. The van der Waals surface area contributed by atoms with Crippen LogP contribution in [0.1, 0.15) is 82.6 Å². The predicted octanol–water partition coefficient (Wildman–Crippen LogP) is 9.30. The number of carbonyl (C=O) groups is 3. The zero-order chi connectivity index (χ0) is 37.0. The van der Waals surface area contributed by atoms with E-state index in [0.29, 0.717) is 6.42 Å². The predicted molar refractivity (Wildman–Crippen MR) is 198 cm³/mol. The molecule has 0 saturated heterocycles. The van der Waals surface area contributed by atoms with E-state index in [4.69, 9.17) is 19.7 Å². The maximum absolute atomic E-state index is 13.7. The second-order valence-electron chi connectivity index (χ2n) is 14.1. The van der Waals surface area contributed by atoms with Crippen molar-refractivity contribution in [1.29, 1.82) is 0 Å². The highest BCUT2D eigenvalue weighted by Gasteiger charge is 2.31. The summed E-state index contributed by atoms with van der Waals surface area (Å²) >= 11 is 0. The SMILES string of the molecule is CC(C)CC(NC(=O)OCC1c2ccccc2-c2ccccc21)C(=O)OC(C/C=C/C(=O)OC(C)(C)C)C(C)/C=C/c1ccc(CN=[N+]=[N-])cc1. The summed E-state index contributed by atoms with van der Waals surface area (Å²) in [5.41, 5.74) is 14.2. The monoisotopic (exact) mass is 692 g/mol. The van der Waals surface area contributed by atoms with Gasteiger partial charge in [-0.05, 0) is 72.0 Å². The van der Waals surface area contributed by atoms with Gasteiger partial charge < -0.3 is 19.5 Å². The van der Waals surface area contributed by atoms with Gasteiger partial charge in [-0.1, -0.05) is 117 Å². The van der Waals surface area contributed by atoms with Gasteiger partial charge in [0.05, 0.1) is 6.54 Å². The topological polar surface area (TPSA) is 140 Å². The van der Waals surface area contributed by atoms with E-state index >= 15 is 0 Å². The molecule has 3 unspecified atom stereocenters. The Morgan fingerprint density at radius 3 is 2.16 bits per heavy atom. The Bertz CT molecular complexity index is 1720. The Kier molecular flexibility index (Phi) is 13.6. The number of ether oxygens (including phenoxy) is 3. The summed E-state index contributed by atoms with van der Waals surface area (Å²) in [6.45, 7) is 11.6. The van der Waals surface area contributed by atoms with Crippen LogP contribution in [0.25, 0.3) is 27.6 Å². The molecule has 0 fully saturated rings. The van der Waals surface area contributed by atoms with Crippen molar-refractivity contribution in [3.05, 3.63) is 124 Å². The Morgan fingerprint density at radius 2 is 1.57 bits per heavy atom. The van der Waals surface area contributed by atoms with E-state index in [-0.39, 0.29) is 37.3 Å². The zero-order valence-electron chi connectivity index (χ0n) is 30.2. The van der Waals surface area contributed by atoms with E-state index in [9.17, 15) is 14.4 Å². The van der Waals surface area contributed by atoms with Gasteiger partial charge in [0, 0.05) is 29.2 Å². The van der Waals surface area contributed by atoms with E-state index in [1.54, 1.807) is 26.8 Å². The molecule has 0 aliphatic heterocycles. The van der Waals surface area contributed by atoms with Gasteiger partial charge in [0.1, 0.15) is 24.4 Å². The van der Waals surface area contributed by atoms with Gasteiger partial charge in [-0.3, -0.25) is 0 Å². The van der Waals surface area contributed by atoms with Crippen LogP contribution >= 0.6 is 0 Å². The highest BCUT2D eigenvalue weighted by Crippen LogP contribution is 2.44. The number of nitrogens with zero attached hydrogens (tertiary/aromatic N) is 3. The molecule has 3 aromatic rings. The first kappa shape index (κ1) is 38.5. The van der Waals surface area contributed by atoms with Crippen LogP contribution in [-0.2, 0) is 30.3 Å². The van der Waals surface area contributed by atoms with Crippen molar-refractivity contribution in [2.75, 3.05) is 6.61 Å². The fourth-order valence-electron chi connectivity index (χ4n) is 5.94. The molecule has 10 nitrogen and oxygen atoms in total. The molecule has 268 valence electrons. The molecule has 1 aliphatic carbocycles. The first-order valence-electron chi connectivity index (χ1n) is 17.3. The Labute approximate surface area is 300 Å². The number of alkyl carbamates (subject to hydrolysis) is 1. The summed E-state index contributed by atoms with van der Waals surface area (Å²) in [6.07, 6.45) is 6.05. The second kappa shape index (κ2) is 18.1.